The molecule has 2 rings (SSSR count). The minimum absolute atomic E-state index is 0.270. The number of anilines is 2. The molecule has 19 heavy (non-hydrogen) atoms. The van der Waals surface area contributed by atoms with E-state index in [0.717, 1.165) is 11.3 Å². The van der Waals surface area contributed by atoms with Crippen molar-refractivity contribution in [1.29, 1.82) is 0 Å². The Morgan fingerprint density at radius 2 is 2.00 bits per heavy atom. The van der Waals surface area contributed by atoms with Crippen LogP contribution in [-0.4, -0.2) is 7.05 Å². The molecule has 0 aliphatic rings. The van der Waals surface area contributed by atoms with E-state index in [2.05, 4.69) is 15.9 Å². The number of hydrogen-bond acceptors (Lipinski definition) is 2. The summed E-state index contributed by atoms with van der Waals surface area (Å²) in [6.45, 7) is 0.615. The Bertz CT molecular complexity index is 604. The van der Waals surface area contributed by atoms with Crippen LogP contribution < -0.4 is 10.6 Å². The second-order valence-corrected chi connectivity index (χ2v) is 5.60. The molecule has 0 aromatic heterocycles. The summed E-state index contributed by atoms with van der Waals surface area (Å²) in [4.78, 5) is 1.97. The van der Waals surface area contributed by atoms with Crippen LogP contribution in [0.1, 0.15) is 5.56 Å². The first-order valence-corrected chi connectivity index (χ1v) is 6.84. The quantitative estimate of drug-likeness (QED) is 0.834. The van der Waals surface area contributed by atoms with Crippen molar-refractivity contribution in [1.82, 2.24) is 0 Å². The maximum Gasteiger partial charge on any atom is 0.137 e. The van der Waals surface area contributed by atoms with E-state index in [4.69, 9.17) is 17.3 Å². The van der Waals surface area contributed by atoms with E-state index in [9.17, 15) is 4.39 Å². The summed E-state index contributed by atoms with van der Waals surface area (Å²) in [5.41, 5.74) is 8.42. The molecule has 0 aliphatic carbocycles. The lowest BCUT2D eigenvalue weighted by atomic mass is 10.2. The second-order valence-electron chi connectivity index (χ2n) is 4.31. The van der Waals surface area contributed by atoms with E-state index in [0.29, 0.717) is 21.7 Å². The van der Waals surface area contributed by atoms with Crippen LogP contribution in [0, 0.1) is 5.82 Å². The molecule has 2 N–H and O–H groups in total. The van der Waals surface area contributed by atoms with Gasteiger partial charge < -0.3 is 10.6 Å². The largest absolute Gasteiger partial charge is 0.397 e. The molecule has 0 bridgehead atoms. The lowest BCUT2D eigenvalue weighted by molar-refractivity contribution is 0.620. The summed E-state index contributed by atoms with van der Waals surface area (Å²) in [6, 6.07) is 10.3. The van der Waals surface area contributed by atoms with Crippen LogP contribution in [-0.2, 0) is 6.54 Å². The molecular formula is C14H13BrClFN2. The van der Waals surface area contributed by atoms with Crippen LogP contribution in [0.25, 0.3) is 0 Å². The van der Waals surface area contributed by atoms with Gasteiger partial charge in [-0.05, 0) is 51.8 Å². The molecule has 0 radical (unpaired) electrons. The summed E-state index contributed by atoms with van der Waals surface area (Å²) in [6.07, 6.45) is 0. The minimum Gasteiger partial charge on any atom is -0.397 e. The van der Waals surface area contributed by atoms with Gasteiger partial charge in [-0.25, -0.2) is 4.39 Å². The summed E-state index contributed by atoms with van der Waals surface area (Å²) in [5.74, 6) is -0.270. The topological polar surface area (TPSA) is 29.3 Å². The molecule has 2 nitrogen and oxygen atoms in total. The van der Waals surface area contributed by atoms with Crippen molar-refractivity contribution in [3.05, 3.63) is 57.3 Å². The van der Waals surface area contributed by atoms with Crippen molar-refractivity contribution >= 4 is 38.9 Å². The summed E-state index contributed by atoms with van der Waals surface area (Å²) in [5, 5.41) is 0.635. The second kappa shape index (κ2) is 5.80. The van der Waals surface area contributed by atoms with Crippen LogP contribution in [0.5, 0.6) is 0 Å². The molecule has 2 aromatic rings. The molecule has 0 atom stereocenters. The van der Waals surface area contributed by atoms with Crippen LogP contribution in [0.2, 0.25) is 5.02 Å². The van der Waals surface area contributed by atoms with Crippen LogP contribution in [0.4, 0.5) is 15.8 Å². The number of nitrogens with two attached hydrogens (primary N) is 1. The zero-order valence-corrected chi connectivity index (χ0v) is 12.7. The first-order chi connectivity index (χ1) is 8.97. The van der Waals surface area contributed by atoms with Gasteiger partial charge in [-0.2, -0.15) is 0 Å². The first-order valence-electron chi connectivity index (χ1n) is 5.67. The highest BCUT2D eigenvalue weighted by Crippen LogP contribution is 2.27. The summed E-state index contributed by atoms with van der Waals surface area (Å²) < 4.78 is 13.6. The van der Waals surface area contributed by atoms with Gasteiger partial charge in [0.2, 0.25) is 0 Å². The minimum atomic E-state index is -0.270. The third-order valence-electron chi connectivity index (χ3n) is 2.81. The normalized spacial score (nSPS) is 10.5. The fourth-order valence-electron chi connectivity index (χ4n) is 1.84. The average Bonchev–Trinajstić information content (AvgIpc) is 2.36. The molecule has 0 saturated heterocycles. The molecule has 0 amide bonds. The van der Waals surface area contributed by atoms with Gasteiger partial charge in [-0.3, -0.25) is 0 Å². The molecule has 5 heteroatoms. The summed E-state index contributed by atoms with van der Waals surface area (Å²) >= 11 is 9.15. The van der Waals surface area contributed by atoms with Gasteiger partial charge in [0.25, 0.3) is 0 Å². The predicted octanol–water partition coefficient (Wildman–Crippen LogP) is 4.46. The molecule has 0 saturated carbocycles. The zero-order chi connectivity index (χ0) is 14.0. The monoisotopic (exact) mass is 342 g/mol. The standard InChI is InChI=1S/C14H13BrClFN2/c1-19(14-7-10(16)3-5-13(14)18)8-9-2-4-12(17)11(15)6-9/h2-7H,8,18H2,1H3. The highest BCUT2D eigenvalue weighted by molar-refractivity contribution is 9.10. The van der Waals surface area contributed by atoms with Gasteiger partial charge in [0, 0.05) is 18.6 Å². The summed E-state index contributed by atoms with van der Waals surface area (Å²) in [7, 11) is 1.92. The Hall–Kier alpha value is -1.26. The Morgan fingerprint density at radius 1 is 1.26 bits per heavy atom. The average molecular weight is 344 g/mol. The van der Waals surface area contributed by atoms with Gasteiger partial charge in [-0.15, -0.1) is 0 Å². The lowest BCUT2D eigenvalue weighted by Crippen LogP contribution is -2.17. The van der Waals surface area contributed by atoms with Crippen molar-refractivity contribution in [2.45, 2.75) is 6.54 Å². The van der Waals surface area contributed by atoms with Crippen molar-refractivity contribution < 1.29 is 4.39 Å². The third-order valence-corrected chi connectivity index (χ3v) is 3.65. The van der Waals surface area contributed by atoms with Crippen molar-refractivity contribution in [3.8, 4) is 0 Å². The Morgan fingerprint density at radius 3 is 2.68 bits per heavy atom. The zero-order valence-electron chi connectivity index (χ0n) is 10.3. The van der Waals surface area contributed by atoms with E-state index in [1.165, 1.54) is 6.07 Å². The SMILES string of the molecule is CN(Cc1ccc(F)c(Br)c1)c1cc(Cl)ccc1N. The van der Waals surface area contributed by atoms with Crippen LogP contribution in [0.3, 0.4) is 0 Å². The first kappa shape index (κ1) is 14.2. The number of nitrogen functional groups attached to an aromatic ring is 1. The van der Waals surface area contributed by atoms with Crippen LogP contribution in [0.15, 0.2) is 40.9 Å². The Labute approximate surface area is 125 Å². The highest BCUT2D eigenvalue weighted by Gasteiger charge is 2.08. The molecule has 0 fully saturated rings. The van der Waals surface area contributed by atoms with Crippen molar-refractivity contribution in [2.75, 3.05) is 17.7 Å². The number of halogens is 3. The lowest BCUT2D eigenvalue weighted by Gasteiger charge is -2.21. The number of benzene rings is 2. The van der Waals surface area contributed by atoms with E-state index in [1.54, 1.807) is 24.3 Å². The van der Waals surface area contributed by atoms with Gasteiger partial charge in [0.1, 0.15) is 5.82 Å². The molecule has 0 aliphatic heterocycles. The van der Waals surface area contributed by atoms with E-state index in [1.807, 2.05) is 18.0 Å². The predicted molar refractivity (Wildman–Crippen MR) is 82.1 cm³/mol. The molecule has 2 aromatic carbocycles. The van der Waals surface area contributed by atoms with Crippen LogP contribution >= 0.6 is 27.5 Å². The number of rotatable bonds is 3. The molecule has 0 spiro atoms. The van der Waals surface area contributed by atoms with E-state index < -0.39 is 0 Å². The maximum absolute atomic E-state index is 13.2. The number of nitrogens with zero attached hydrogens (tertiary/aromatic N) is 1. The Kier molecular flexibility index (Phi) is 4.32. The maximum atomic E-state index is 13.2. The van der Waals surface area contributed by atoms with E-state index >= 15 is 0 Å². The molecule has 0 heterocycles. The fourth-order valence-corrected chi connectivity index (χ4v) is 2.44. The molecule has 0 unspecified atom stereocenters. The van der Waals surface area contributed by atoms with Gasteiger partial charge in [0.15, 0.2) is 0 Å². The molecule has 100 valence electrons. The van der Waals surface area contributed by atoms with Gasteiger partial charge in [-0.1, -0.05) is 17.7 Å². The highest BCUT2D eigenvalue weighted by atomic mass is 79.9. The van der Waals surface area contributed by atoms with Gasteiger partial charge >= 0.3 is 0 Å². The van der Waals surface area contributed by atoms with Crippen molar-refractivity contribution in [2.24, 2.45) is 0 Å². The Balaban J connectivity index is 2.22. The third kappa shape index (κ3) is 3.39. The number of hydrogen-bond donors (Lipinski definition) is 1. The van der Waals surface area contributed by atoms with Crippen molar-refractivity contribution in [3.63, 3.8) is 0 Å². The fraction of sp³-hybridized carbons (Fsp3) is 0.143. The molecular weight excluding hydrogens is 331 g/mol. The smallest absolute Gasteiger partial charge is 0.137 e. The van der Waals surface area contributed by atoms with Gasteiger partial charge in [0.05, 0.1) is 15.8 Å². The van der Waals surface area contributed by atoms with E-state index in [-0.39, 0.29) is 5.82 Å².